The highest BCUT2D eigenvalue weighted by Gasteiger charge is 2.19. The molecule has 0 fully saturated rings. The molecule has 7 nitrogen and oxygen atoms in total. The Hall–Kier alpha value is -3.69. The van der Waals surface area contributed by atoms with Gasteiger partial charge in [0.2, 0.25) is 10.0 Å². The van der Waals surface area contributed by atoms with Crippen LogP contribution in [0.2, 0.25) is 0 Å². The van der Waals surface area contributed by atoms with Crippen LogP contribution in [0, 0.1) is 20.8 Å². The highest BCUT2D eigenvalue weighted by atomic mass is 79.9. The average molecular weight is 594 g/mol. The number of sulfonamides is 1. The monoisotopic (exact) mass is 592 g/mol. The Kier molecular flexibility index (Phi) is 8.18. The fourth-order valence-electron chi connectivity index (χ4n) is 4.27. The Morgan fingerprint density at radius 3 is 2.32 bits per heavy atom. The van der Waals surface area contributed by atoms with Crippen LogP contribution in [0.25, 0.3) is 5.69 Å². The van der Waals surface area contributed by atoms with E-state index in [9.17, 15) is 13.2 Å². The number of rotatable bonds is 8. The number of nitrogens with one attached hydrogen (secondary N) is 1. The molecule has 1 aromatic heterocycles. The number of amides is 1. The van der Waals surface area contributed by atoms with Gasteiger partial charge in [-0.2, -0.15) is 5.10 Å². The number of hydrogen-bond acceptors (Lipinski definition) is 4. The van der Waals surface area contributed by atoms with Crippen LogP contribution in [-0.4, -0.2) is 31.4 Å². The van der Waals surface area contributed by atoms with Gasteiger partial charge < -0.3 is 4.57 Å². The molecule has 0 spiro atoms. The normalized spacial score (nSPS) is 11.6. The van der Waals surface area contributed by atoms with Crippen molar-refractivity contribution in [3.8, 4) is 5.69 Å². The van der Waals surface area contributed by atoms with Gasteiger partial charge in [-0.05, 0) is 90.3 Å². The summed E-state index contributed by atoms with van der Waals surface area (Å²) in [6.45, 7) is 6.17. The van der Waals surface area contributed by atoms with Crippen LogP contribution in [0.4, 0.5) is 5.69 Å². The third-order valence-electron chi connectivity index (χ3n) is 6.33. The highest BCUT2D eigenvalue weighted by molar-refractivity contribution is 9.10. The second kappa shape index (κ2) is 11.4. The summed E-state index contributed by atoms with van der Waals surface area (Å²) < 4.78 is 29.5. The molecule has 0 aliphatic heterocycles. The fraction of sp³-hybridized carbons (Fsp3) is 0.172. The van der Waals surface area contributed by atoms with Crippen molar-refractivity contribution in [3.63, 3.8) is 0 Å². The number of benzene rings is 3. The molecule has 1 heterocycles. The first-order valence-electron chi connectivity index (χ1n) is 12.0. The summed E-state index contributed by atoms with van der Waals surface area (Å²) in [4.78, 5) is 12.7. The Morgan fingerprint density at radius 1 is 1.00 bits per heavy atom. The largest absolute Gasteiger partial charge is 0.317 e. The van der Waals surface area contributed by atoms with E-state index in [4.69, 9.17) is 0 Å². The van der Waals surface area contributed by atoms with E-state index in [1.165, 1.54) is 10.6 Å². The Balaban J connectivity index is 1.48. The van der Waals surface area contributed by atoms with Gasteiger partial charge in [0.1, 0.15) is 0 Å². The maximum Gasteiger partial charge on any atom is 0.271 e. The molecule has 0 atom stereocenters. The predicted octanol–water partition coefficient (Wildman–Crippen LogP) is 5.90. The summed E-state index contributed by atoms with van der Waals surface area (Å²) in [5.74, 6) is -0.391. The van der Waals surface area contributed by atoms with Gasteiger partial charge in [-0.15, -0.1) is 0 Å². The van der Waals surface area contributed by atoms with Crippen LogP contribution < -0.4 is 9.73 Å². The SMILES string of the molecule is Cc1ccccc1CN(c1ccc(C(=O)N/N=C\c2cc(C)n(-c3ccccc3Br)c2C)cc1)S(C)(=O)=O. The Labute approximate surface area is 232 Å². The average Bonchev–Trinajstić information content (AvgIpc) is 3.15. The first-order valence-corrected chi connectivity index (χ1v) is 14.6. The number of hydrazone groups is 1. The lowest BCUT2D eigenvalue weighted by Gasteiger charge is -2.23. The van der Waals surface area contributed by atoms with E-state index in [2.05, 4.69) is 31.0 Å². The van der Waals surface area contributed by atoms with Gasteiger partial charge in [-0.3, -0.25) is 9.10 Å². The van der Waals surface area contributed by atoms with E-state index in [1.807, 2.05) is 75.4 Å². The van der Waals surface area contributed by atoms with Crippen molar-refractivity contribution in [2.45, 2.75) is 27.3 Å². The minimum absolute atomic E-state index is 0.208. The second-order valence-electron chi connectivity index (χ2n) is 9.06. The maximum absolute atomic E-state index is 12.7. The molecule has 0 aliphatic carbocycles. The summed E-state index contributed by atoms with van der Waals surface area (Å²) in [5.41, 5.74) is 9.27. The highest BCUT2D eigenvalue weighted by Crippen LogP contribution is 2.26. The summed E-state index contributed by atoms with van der Waals surface area (Å²) in [5, 5.41) is 4.16. The number of halogens is 1. The topological polar surface area (TPSA) is 83.8 Å². The van der Waals surface area contributed by atoms with E-state index in [-0.39, 0.29) is 6.54 Å². The zero-order valence-corrected chi connectivity index (χ0v) is 24.0. The number of carbonyl (C=O) groups excluding carboxylic acids is 1. The Morgan fingerprint density at radius 2 is 1.66 bits per heavy atom. The minimum Gasteiger partial charge on any atom is -0.317 e. The molecule has 0 saturated heterocycles. The van der Waals surface area contributed by atoms with Gasteiger partial charge in [0, 0.05) is 27.0 Å². The molecule has 4 rings (SSSR count). The first-order chi connectivity index (χ1) is 18.1. The van der Waals surface area contributed by atoms with Crippen molar-refractivity contribution in [1.29, 1.82) is 0 Å². The van der Waals surface area contributed by atoms with Crippen molar-refractivity contribution in [2.24, 2.45) is 5.10 Å². The van der Waals surface area contributed by atoms with E-state index in [0.717, 1.165) is 38.2 Å². The van der Waals surface area contributed by atoms with Crippen molar-refractivity contribution in [1.82, 2.24) is 9.99 Å². The number of aromatic nitrogens is 1. The molecule has 4 aromatic rings. The smallest absolute Gasteiger partial charge is 0.271 e. The van der Waals surface area contributed by atoms with Crippen LogP contribution in [0.3, 0.4) is 0 Å². The van der Waals surface area contributed by atoms with Crippen molar-refractivity contribution >= 4 is 43.8 Å². The summed E-state index contributed by atoms with van der Waals surface area (Å²) in [7, 11) is -3.54. The maximum atomic E-state index is 12.7. The second-order valence-corrected chi connectivity index (χ2v) is 11.8. The third kappa shape index (κ3) is 6.06. The van der Waals surface area contributed by atoms with Crippen molar-refractivity contribution < 1.29 is 13.2 Å². The van der Waals surface area contributed by atoms with Gasteiger partial charge in [-0.1, -0.05) is 36.4 Å². The van der Waals surface area contributed by atoms with Crippen molar-refractivity contribution in [2.75, 3.05) is 10.6 Å². The lowest BCUT2D eigenvalue weighted by atomic mass is 10.1. The zero-order valence-electron chi connectivity index (χ0n) is 21.6. The molecule has 1 amide bonds. The van der Waals surface area contributed by atoms with Gasteiger partial charge in [0.15, 0.2) is 0 Å². The molecule has 0 bridgehead atoms. The number of nitrogens with zero attached hydrogens (tertiary/aromatic N) is 3. The molecule has 9 heteroatoms. The van der Waals surface area contributed by atoms with E-state index in [1.54, 1.807) is 30.5 Å². The van der Waals surface area contributed by atoms with Crippen LogP contribution in [0.1, 0.15) is 38.4 Å². The standard InChI is InChI=1S/C29H29BrN4O3S/c1-20-9-5-6-10-24(20)19-33(38(4,36)37)26-15-13-23(14-16-26)29(35)32-31-18-25-17-21(2)34(22(25)3)28-12-8-7-11-27(28)30/h5-18H,19H2,1-4H3,(H,32,35)/b31-18-. The lowest BCUT2D eigenvalue weighted by molar-refractivity contribution is 0.0955. The quantitative estimate of drug-likeness (QED) is 0.204. The predicted molar refractivity (Wildman–Crippen MR) is 157 cm³/mol. The molecule has 0 saturated carbocycles. The lowest BCUT2D eigenvalue weighted by Crippen LogP contribution is -2.29. The molecular weight excluding hydrogens is 564 g/mol. The minimum atomic E-state index is -3.54. The molecule has 1 N–H and O–H groups in total. The summed E-state index contributed by atoms with van der Waals surface area (Å²) >= 11 is 3.60. The Bertz CT molecular complexity index is 1610. The van der Waals surface area contributed by atoms with E-state index >= 15 is 0 Å². The molecule has 3 aromatic carbocycles. The van der Waals surface area contributed by atoms with Gasteiger partial charge in [0.05, 0.1) is 30.4 Å². The number of aryl methyl sites for hydroxylation is 2. The zero-order chi connectivity index (χ0) is 27.4. The molecule has 196 valence electrons. The number of para-hydroxylation sites is 1. The van der Waals surface area contributed by atoms with Gasteiger partial charge >= 0.3 is 0 Å². The molecule has 0 aliphatic rings. The molecular formula is C29H29BrN4O3S. The summed E-state index contributed by atoms with van der Waals surface area (Å²) in [6.07, 6.45) is 2.80. The molecule has 38 heavy (non-hydrogen) atoms. The number of carbonyl (C=O) groups is 1. The summed E-state index contributed by atoms with van der Waals surface area (Å²) in [6, 6.07) is 24.1. The van der Waals surface area contributed by atoms with Gasteiger partial charge in [0.25, 0.3) is 5.91 Å². The van der Waals surface area contributed by atoms with Gasteiger partial charge in [-0.25, -0.2) is 13.8 Å². The number of anilines is 1. The fourth-order valence-corrected chi connectivity index (χ4v) is 5.61. The van der Waals surface area contributed by atoms with E-state index < -0.39 is 15.9 Å². The molecule has 0 unspecified atom stereocenters. The van der Waals surface area contributed by atoms with Crippen LogP contribution in [-0.2, 0) is 16.6 Å². The third-order valence-corrected chi connectivity index (χ3v) is 8.14. The van der Waals surface area contributed by atoms with E-state index in [0.29, 0.717) is 11.3 Å². The first kappa shape index (κ1) is 27.3. The van der Waals surface area contributed by atoms with Crippen LogP contribution in [0.5, 0.6) is 0 Å². The van der Waals surface area contributed by atoms with Crippen LogP contribution in [0.15, 0.2) is 88.4 Å². The van der Waals surface area contributed by atoms with Crippen molar-refractivity contribution in [3.05, 3.63) is 117 Å². The molecule has 0 radical (unpaired) electrons. The number of hydrogen-bond donors (Lipinski definition) is 1. The van der Waals surface area contributed by atoms with Crippen LogP contribution >= 0.6 is 15.9 Å².